The quantitative estimate of drug-likeness (QED) is 0.726. The summed E-state index contributed by atoms with van der Waals surface area (Å²) in [6, 6.07) is 0. The molecule has 4 nitrogen and oxygen atoms in total. The molecule has 0 aliphatic heterocycles. The van der Waals surface area contributed by atoms with Crippen LogP contribution < -0.4 is 11.1 Å². The van der Waals surface area contributed by atoms with Crippen LogP contribution in [0.5, 0.6) is 0 Å². The Bertz CT molecular complexity index is 269. The smallest absolute Gasteiger partial charge is 0.411 e. The molecule has 0 aromatic heterocycles. The van der Waals surface area contributed by atoms with Gasteiger partial charge in [0.25, 0.3) is 0 Å². The van der Waals surface area contributed by atoms with Gasteiger partial charge in [-0.25, -0.2) is 4.79 Å². The zero-order valence-electron chi connectivity index (χ0n) is 9.42. The highest BCUT2D eigenvalue weighted by atomic mass is 32.1. The van der Waals surface area contributed by atoms with E-state index >= 15 is 0 Å². The SMILES string of the molecule is C=C(CCC(N)=S)NC(=O)OC(C)(C)C. The van der Waals surface area contributed by atoms with Crippen LogP contribution in [0.15, 0.2) is 12.3 Å². The molecule has 0 radical (unpaired) electrons. The Balaban J connectivity index is 3.87. The topological polar surface area (TPSA) is 64.3 Å². The van der Waals surface area contributed by atoms with Gasteiger partial charge in [0.2, 0.25) is 0 Å². The first-order valence-corrected chi connectivity index (χ1v) is 5.07. The van der Waals surface area contributed by atoms with E-state index in [2.05, 4.69) is 11.9 Å². The molecule has 0 aliphatic carbocycles. The third kappa shape index (κ3) is 9.21. The molecule has 0 fully saturated rings. The van der Waals surface area contributed by atoms with Crippen molar-refractivity contribution >= 4 is 23.3 Å². The highest BCUT2D eigenvalue weighted by Gasteiger charge is 2.16. The largest absolute Gasteiger partial charge is 0.444 e. The van der Waals surface area contributed by atoms with Gasteiger partial charge in [0.1, 0.15) is 5.60 Å². The van der Waals surface area contributed by atoms with E-state index in [-0.39, 0.29) is 0 Å². The average Bonchev–Trinajstić information content (AvgIpc) is 1.96. The first kappa shape index (κ1) is 13.9. The van der Waals surface area contributed by atoms with Crippen LogP contribution in [0.1, 0.15) is 33.6 Å². The predicted molar refractivity (Wildman–Crippen MR) is 64.5 cm³/mol. The molecule has 0 spiro atoms. The van der Waals surface area contributed by atoms with Gasteiger partial charge in [0.15, 0.2) is 0 Å². The number of alkyl carbamates (subject to hydrolysis) is 1. The Labute approximate surface area is 95.9 Å². The van der Waals surface area contributed by atoms with Gasteiger partial charge in [0, 0.05) is 12.1 Å². The lowest BCUT2D eigenvalue weighted by Crippen LogP contribution is -2.32. The van der Waals surface area contributed by atoms with Gasteiger partial charge in [0.05, 0.1) is 4.99 Å². The third-order valence-electron chi connectivity index (χ3n) is 1.35. The van der Waals surface area contributed by atoms with Crippen molar-refractivity contribution in [2.45, 2.75) is 39.2 Å². The predicted octanol–water partition coefficient (Wildman–Crippen LogP) is 2.09. The Morgan fingerprint density at radius 2 is 2.00 bits per heavy atom. The Hall–Kier alpha value is -1.10. The second kappa shape index (κ2) is 5.70. The van der Waals surface area contributed by atoms with Gasteiger partial charge < -0.3 is 10.5 Å². The number of allylic oxidation sites excluding steroid dienone is 1. The van der Waals surface area contributed by atoms with Crippen LogP contribution in [0, 0.1) is 0 Å². The molecule has 0 aromatic carbocycles. The molecule has 3 N–H and O–H groups in total. The summed E-state index contributed by atoms with van der Waals surface area (Å²) in [4.78, 5) is 11.7. The number of rotatable bonds is 4. The Morgan fingerprint density at radius 1 is 1.47 bits per heavy atom. The van der Waals surface area contributed by atoms with Crippen LogP contribution >= 0.6 is 12.2 Å². The first-order valence-electron chi connectivity index (χ1n) is 4.67. The lowest BCUT2D eigenvalue weighted by Gasteiger charge is -2.20. The molecule has 0 unspecified atom stereocenters. The minimum absolute atomic E-state index is 0.405. The maximum absolute atomic E-state index is 11.3. The molecule has 0 aromatic rings. The van der Waals surface area contributed by atoms with E-state index in [0.29, 0.717) is 23.5 Å². The second-order valence-electron chi connectivity index (χ2n) is 4.20. The molecule has 15 heavy (non-hydrogen) atoms. The van der Waals surface area contributed by atoms with Crippen LogP contribution in [-0.2, 0) is 4.74 Å². The van der Waals surface area contributed by atoms with Crippen LogP contribution in [0.2, 0.25) is 0 Å². The molecule has 0 heterocycles. The summed E-state index contributed by atoms with van der Waals surface area (Å²) in [6.07, 6.45) is 0.564. The van der Waals surface area contributed by atoms with E-state index in [1.807, 2.05) is 0 Å². The van der Waals surface area contributed by atoms with E-state index in [4.69, 9.17) is 22.7 Å². The number of nitrogens with one attached hydrogen (secondary N) is 1. The molecule has 0 saturated heterocycles. The molecule has 1 amide bonds. The van der Waals surface area contributed by atoms with E-state index in [9.17, 15) is 4.79 Å². The highest BCUT2D eigenvalue weighted by Crippen LogP contribution is 2.07. The number of amides is 1. The molecule has 0 aliphatic rings. The number of hydrogen-bond acceptors (Lipinski definition) is 3. The van der Waals surface area contributed by atoms with Crippen molar-refractivity contribution in [2.24, 2.45) is 5.73 Å². The zero-order valence-corrected chi connectivity index (χ0v) is 10.2. The average molecular weight is 230 g/mol. The van der Waals surface area contributed by atoms with Gasteiger partial charge >= 0.3 is 6.09 Å². The lowest BCUT2D eigenvalue weighted by atomic mass is 10.2. The lowest BCUT2D eigenvalue weighted by molar-refractivity contribution is 0.0544. The van der Waals surface area contributed by atoms with Gasteiger partial charge in [-0.1, -0.05) is 18.8 Å². The van der Waals surface area contributed by atoms with Gasteiger partial charge in [-0.05, 0) is 27.2 Å². The molecule has 0 rings (SSSR count). The molecule has 0 bridgehead atoms. The summed E-state index contributed by atoms with van der Waals surface area (Å²) in [5, 5.41) is 2.52. The Kier molecular flexibility index (Phi) is 5.28. The second-order valence-corrected chi connectivity index (χ2v) is 4.72. The monoisotopic (exact) mass is 230 g/mol. The summed E-state index contributed by atoms with van der Waals surface area (Å²) in [5.41, 5.74) is 5.37. The van der Waals surface area contributed by atoms with E-state index in [1.54, 1.807) is 20.8 Å². The van der Waals surface area contributed by atoms with Crippen LogP contribution in [0.3, 0.4) is 0 Å². The standard InChI is InChI=1S/C10H18N2O2S/c1-7(5-6-8(11)15)12-9(13)14-10(2,3)4/h1,5-6H2,2-4H3,(H2,11,15)(H,12,13). The Morgan fingerprint density at radius 3 is 2.40 bits per heavy atom. The van der Waals surface area contributed by atoms with Crippen LogP contribution in [0.4, 0.5) is 4.79 Å². The van der Waals surface area contributed by atoms with Crippen molar-refractivity contribution in [3.05, 3.63) is 12.3 Å². The maximum Gasteiger partial charge on any atom is 0.411 e. The van der Waals surface area contributed by atoms with Crippen molar-refractivity contribution in [3.63, 3.8) is 0 Å². The number of carbonyl (C=O) groups excluding carboxylic acids is 1. The van der Waals surface area contributed by atoms with E-state index in [1.165, 1.54) is 0 Å². The van der Waals surface area contributed by atoms with Crippen molar-refractivity contribution < 1.29 is 9.53 Å². The maximum atomic E-state index is 11.3. The van der Waals surface area contributed by atoms with Crippen molar-refractivity contribution in [1.29, 1.82) is 0 Å². The van der Waals surface area contributed by atoms with Gasteiger partial charge in [-0.3, -0.25) is 5.32 Å². The van der Waals surface area contributed by atoms with Gasteiger partial charge in [-0.2, -0.15) is 0 Å². The van der Waals surface area contributed by atoms with Crippen molar-refractivity contribution in [2.75, 3.05) is 0 Å². The fourth-order valence-corrected chi connectivity index (χ4v) is 0.887. The molecule has 0 saturated carbocycles. The summed E-state index contributed by atoms with van der Waals surface area (Å²) in [6.45, 7) is 9.06. The number of carbonyl (C=O) groups is 1. The van der Waals surface area contributed by atoms with Crippen LogP contribution in [0.25, 0.3) is 0 Å². The fourth-order valence-electron chi connectivity index (χ4n) is 0.785. The van der Waals surface area contributed by atoms with E-state index in [0.717, 1.165) is 0 Å². The number of hydrogen-bond donors (Lipinski definition) is 2. The fraction of sp³-hybridized carbons (Fsp3) is 0.600. The zero-order chi connectivity index (χ0) is 12.1. The number of ether oxygens (including phenoxy) is 1. The number of nitrogens with two attached hydrogens (primary N) is 1. The van der Waals surface area contributed by atoms with Crippen molar-refractivity contribution in [1.82, 2.24) is 5.32 Å². The summed E-state index contributed by atoms with van der Waals surface area (Å²) < 4.78 is 5.04. The summed E-state index contributed by atoms with van der Waals surface area (Å²) in [7, 11) is 0. The van der Waals surface area contributed by atoms with Gasteiger partial charge in [-0.15, -0.1) is 0 Å². The summed E-state index contributed by atoms with van der Waals surface area (Å²) in [5.74, 6) is 0. The van der Waals surface area contributed by atoms with Crippen LogP contribution in [-0.4, -0.2) is 16.7 Å². The minimum Gasteiger partial charge on any atom is -0.444 e. The molecular weight excluding hydrogens is 212 g/mol. The summed E-state index contributed by atoms with van der Waals surface area (Å²) >= 11 is 4.71. The van der Waals surface area contributed by atoms with Crippen molar-refractivity contribution in [3.8, 4) is 0 Å². The molecule has 86 valence electrons. The highest BCUT2D eigenvalue weighted by molar-refractivity contribution is 7.80. The molecule has 0 atom stereocenters. The molecule has 5 heteroatoms. The normalized spacial score (nSPS) is 10.6. The molecular formula is C10H18N2O2S. The third-order valence-corrected chi connectivity index (χ3v) is 1.56. The minimum atomic E-state index is -0.506. The first-order chi connectivity index (χ1) is 6.70. The number of thiocarbonyl (C=S) groups is 1. The van der Waals surface area contributed by atoms with E-state index < -0.39 is 11.7 Å².